The Kier molecular flexibility index (Phi) is 11.7. The number of nitrogens with one attached hydrogen (secondary N) is 2. The number of imidazole rings is 1. The molecule has 45 heavy (non-hydrogen) atoms. The predicted octanol–water partition coefficient (Wildman–Crippen LogP) is 6.58. The normalized spacial score (nSPS) is 12.2. The van der Waals surface area contributed by atoms with Crippen molar-refractivity contribution < 1.29 is 18.3 Å². The van der Waals surface area contributed by atoms with E-state index < -0.39 is 23.5 Å². The highest BCUT2D eigenvalue weighted by Crippen LogP contribution is 2.27. The maximum atomic E-state index is 15.0. The number of carbonyl (C=O) groups is 1. The molecule has 0 aliphatic heterocycles. The van der Waals surface area contributed by atoms with E-state index in [-0.39, 0.29) is 17.1 Å². The van der Waals surface area contributed by atoms with Gasteiger partial charge < -0.3 is 14.6 Å². The van der Waals surface area contributed by atoms with Gasteiger partial charge in [-0.1, -0.05) is 44.5 Å². The van der Waals surface area contributed by atoms with Crippen molar-refractivity contribution in [1.29, 1.82) is 5.26 Å². The van der Waals surface area contributed by atoms with Crippen LogP contribution in [0, 0.1) is 28.9 Å². The third-order valence-corrected chi connectivity index (χ3v) is 7.94. The van der Waals surface area contributed by atoms with Crippen molar-refractivity contribution in [3.8, 4) is 11.8 Å². The number of hydrogen-bond acceptors (Lipinski definition) is 6. The maximum absolute atomic E-state index is 15.0. The summed E-state index contributed by atoms with van der Waals surface area (Å²) in [5.41, 5.74) is 5.77. The van der Waals surface area contributed by atoms with Crippen LogP contribution in [0.25, 0.3) is 0 Å². The quantitative estimate of drug-likeness (QED) is 0.127. The number of nitrogens with zero attached hydrogens (tertiary/aromatic N) is 4. The van der Waals surface area contributed by atoms with Crippen molar-refractivity contribution in [3.05, 3.63) is 113 Å². The molecule has 0 aliphatic rings. The number of anilines is 1. The van der Waals surface area contributed by atoms with Gasteiger partial charge in [0, 0.05) is 25.0 Å². The average Bonchev–Trinajstić information content (AvgIpc) is 3.51. The lowest BCUT2D eigenvalue weighted by atomic mass is 9.94. The molecule has 4 rings (SSSR count). The zero-order valence-electron chi connectivity index (χ0n) is 25.5. The zero-order chi connectivity index (χ0) is 32.3. The Balaban J connectivity index is 1.71. The van der Waals surface area contributed by atoms with Crippen LogP contribution in [-0.4, -0.2) is 39.2 Å². The van der Waals surface area contributed by atoms with Gasteiger partial charge in [0.15, 0.2) is 16.7 Å². The van der Waals surface area contributed by atoms with Crippen molar-refractivity contribution in [2.24, 2.45) is 5.92 Å². The van der Waals surface area contributed by atoms with E-state index in [1.165, 1.54) is 17.1 Å². The number of ether oxygens (including phenoxy) is 1. The largest absolute Gasteiger partial charge is 0.497 e. The van der Waals surface area contributed by atoms with Gasteiger partial charge in [-0.25, -0.2) is 24.2 Å². The van der Waals surface area contributed by atoms with Crippen LogP contribution < -0.4 is 15.5 Å². The molecule has 0 saturated carbocycles. The molecule has 0 bridgehead atoms. The molecule has 0 aliphatic carbocycles. The molecule has 8 nitrogen and oxygen atoms in total. The van der Waals surface area contributed by atoms with Crippen LogP contribution in [0.5, 0.6) is 5.75 Å². The fourth-order valence-corrected chi connectivity index (χ4v) is 5.04. The fraction of sp³-hybridized carbons (Fsp3) is 0.294. The number of amides is 1. The Hall–Kier alpha value is -4.66. The van der Waals surface area contributed by atoms with Gasteiger partial charge in [-0.2, -0.15) is 5.26 Å². The minimum Gasteiger partial charge on any atom is -0.497 e. The summed E-state index contributed by atoms with van der Waals surface area (Å²) in [5.74, 6) is -2.39. The van der Waals surface area contributed by atoms with Crippen LogP contribution in [0.15, 0.2) is 79.3 Å². The summed E-state index contributed by atoms with van der Waals surface area (Å²) < 4.78 is 36.3. The number of halogens is 2. The lowest BCUT2D eigenvalue weighted by Gasteiger charge is -2.29. The second-order valence-electron chi connectivity index (χ2n) is 10.8. The molecule has 3 aromatic carbocycles. The summed E-state index contributed by atoms with van der Waals surface area (Å²) in [6.07, 6.45) is 4.76. The van der Waals surface area contributed by atoms with Crippen molar-refractivity contribution in [3.63, 3.8) is 0 Å². The molecule has 1 unspecified atom stereocenters. The number of nitriles is 1. The molecule has 1 aromatic heterocycles. The maximum Gasteiger partial charge on any atom is 0.252 e. The number of hydrazine groups is 1. The Morgan fingerprint density at radius 1 is 1.13 bits per heavy atom. The Bertz CT molecular complexity index is 1640. The summed E-state index contributed by atoms with van der Waals surface area (Å²) in [7, 11) is 1.57. The van der Waals surface area contributed by atoms with Crippen LogP contribution in [0.4, 0.5) is 14.5 Å². The summed E-state index contributed by atoms with van der Waals surface area (Å²) in [5, 5.41) is 13.7. The van der Waals surface area contributed by atoms with Crippen molar-refractivity contribution in [1.82, 2.24) is 20.0 Å². The number of hydrogen-bond donors (Lipinski definition) is 2. The smallest absolute Gasteiger partial charge is 0.252 e. The number of thiocarbonyl (C=S) groups is 1. The van der Waals surface area contributed by atoms with Gasteiger partial charge in [0.2, 0.25) is 0 Å². The molecule has 0 saturated heterocycles. The second kappa shape index (κ2) is 15.9. The van der Waals surface area contributed by atoms with Crippen LogP contribution in [0.1, 0.15) is 55.0 Å². The van der Waals surface area contributed by atoms with E-state index in [1.807, 2.05) is 12.1 Å². The van der Waals surface area contributed by atoms with E-state index in [9.17, 15) is 14.4 Å². The monoisotopic (exact) mass is 630 g/mol. The first-order valence-electron chi connectivity index (χ1n) is 14.7. The molecular formula is C34H36F2N6O2S. The van der Waals surface area contributed by atoms with E-state index in [0.717, 1.165) is 24.5 Å². The lowest BCUT2D eigenvalue weighted by Crippen LogP contribution is -2.51. The number of benzene rings is 3. The van der Waals surface area contributed by atoms with Crippen LogP contribution in [0.3, 0.4) is 0 Å². The minimum atomic E-state index is -1.01. The minimum absolute atomic E-state index is 0.0491. The summed E-state index contributed by atoms with van der Waals surface area (Å²) in [6, 6.07) is 20.2. The lowest BCUT2D eigenvalue weighted by molar-refractivity contribution is -0.131. The molecule has 1 amide bonds. The van der Waals surface area contributed by atoms with E-state index in [0.29, 0.717) is 41.7 Å². The highest BCUT2D eigenvalue weighted by molar-refractivity contribution is 7.80. The number of rotatable bonds is 13. The van der Waals surface area contributed by atoms with Gasteiger partial charge in [0.25, 0.3) is 5.91 Å². The highest BCUT2D eigenvalue weighted by atomic mass is 32.1. The topological polar surface area (TPSA) is 95.2 Å². The SMILES string of the molecule is CC[C@H](C)CCNN(C(=O)C(Cc1cccc(F)c1F)c1cncn1Cc1ccc(C#N)cc1)C(=S)Nc1ccc(OC)cc1. The first-order chi connectivity index (χ1) is 21.7. The zero-order valence-corrected chi connectivity index (χ0v) is 26.3. The van der Waals surface area contributed by atoms with E-state index in [2.05, 4.69) is 35.6 Å². The average molecular weight is 631 g/mol. The first-order valence-corrected chi connectivity index (χ1v) is 15.1. The van der Waals surface area contributed by atoms with Crippen LogP contribution >= 0.6 is 12.2 Å². The second-order valence-corrected chi connectivity index (χ2v) is 11.2. The first kappa shape index (κ1) is 33.2. The molecule has 0 radical (unpaired) electrons. The van der Waals surface area contributed by atoms with Crippen LogP contribution in [-0.2, 0) is 17.8 Å². The number of carbonyl (C=O) groups excluding carboxylic acids is 1. The fourth-order valence-electron chi connectivity index (χ4n) is 4.77. The molecule has 2 N–H and O–H groups in total. The number of methoxy groups -OCH3 is 1. The summed E-state index contributed by atoms with van der Waals surface area (Å²) in [4.78, 5) is 18.8. The van der Waals surface area contributed by atoms with Gasteiger partial charge in [-0.15, -0.1) is 0 Å². The van der Waals surface area contributed by atoms with Crippen molar-refractivity contribution >= 4 is 28.9 Å². The summed E-state index contributed by atoms with van der Waals surface area (Å²) >= 11 is 5.74. The number of aromatic nitrogens is 2. The molecule has 1 heterocycles. The third-order valence-electron chi connectivity index (χ3n) is 7.66. The van der Waals surface area contributed by atoms with Gasteiger partial charge in [-0.3, -0.25) is 4.79 Å². The van der Waals surface area contributed by atoms with E-state index >= 15 is 4.39 Å². The van der Waals surface area contributed by atoms with E-state index in [4.69, 9.17) is 17.0 Å². The Labute approximate surface area is 267 Å². The Morgan fingerprint density at radius 2 is 1.87 bits per heavy atom. The van der Waals surface area contributed by atoms with Gasteiger partial charge >= 0.3 is 0 Å². The molecule has 0 fully saturated rings. The van der Waals surface area contributed by atoms with E-state index in [1.54, 1.807) is 60.6 Å². The van der Waals surface area contributed by atoms with Crippen molar-refractivity contribution in [2.75, 3.05) is 19.0 Å². The predicted molar refractivity (Wildman–Crippen MR) is 173 cm³/mol. The molecular weight excluding hydrogens is 594 g/mol. The van der Waals surface area contributed by atoms with Gasteiger partial charge in [0.1, 0.15) is 5.75 Å². The van der Waals surface area contributed by atoms with Crippen molar-refractivity contribution in [2.45, 2.75) is 45.6 Å². The summed E-state index contributed by atoms with van der Waals surface area (Å²) in [6.45, 7) is 5.02. The molecule has 234 valence electrons. The highest BCUT2D eigenvalue weighted by Gasteiger charge is 2.32. The van der Waals surface area contributed by atoms with Gasteiger partial charge in [-0.05, 0) is 84.6 Å². The van der Waals surface area contributed by atoms with Gasteiger partial charge in [0.05, 0.1) is 36.7 Å². The standard InChI is InChI=1S/C34H36F2N6O2S/c1-4-23(2)16-17-39-42(34(45)40-27-12-14-28(44-3)15-13-27)33(43)29(18-26-6-5-7-30(35)32(26)36)31-20-38-22-41(31)21-25-10-8-24(19-37)9-11-25/h5-15,20,22-23,29,39H,4,16-18,21H2,1-3H3,(H,40,45)/t23-,29?/m0/s1. The molecule has 11 heteroatoms. The molecule has 0 spiro atoms. The third kappa shape index (κ3) is 8.71. The van der Waals surface area contributed by atoms with Crippen LogP contribution in [0.2, 0.25) is 0 Å². The Morgan fingerprint density at radius 3 is 2.53 bits per heavy atom. The molecule has 2 atom stereocenters. The molecule has 4 aromatic rings.